The lowest BCUT2D eigenvalue weighted by Gasteiger charge is -2.20. The summed E-state index contributed by atoms with van der Waals surface area (Å²) in [5, 5.41) is 0. The van der Waals surface area contributed by atoms with Gasteiger partial charge in [-0.05, 0) is 66.6 Å². The number of likely N-dealkylation sites (tertiary alicyclic amines) is 1. The Morgan fingerprint density at radius 2 is 1.80 bits per heavy atom. The van der Waals surface area contributed by atoms with E-state index < -0.39 is 0 Å². The summed E-state index contributed by atoms with van der Waals surface area (Å²) in [6.45, 7) is 6.66. The first-order chi connectivity index (χ1) is 14.1. The van der Waals surface area contributed by atoms with Crippen molar-refractivity contribution in [1.29, 1.82) is 0 Å². The Morgan fingerprint density at radius 1 is 1.07 bits per heavy atom. The van der Waals surface area contributed by atoms with Gasteiger partial charge >= 0.3 is 0 Å². The van der Waals surface area contributed by atoms with E-state index in [1.54, 1.807) is 7.11 Å². The second-order valence-corrected chi connectivity index (χ2v) is 8.45. The largest absolute Gasteiger partial charge is 0.384 e. The summed E-state index contributed by atoms with van der Waals surface area (Å²) in [6.07, 6.45) is 4.25. The fraction of sp³-hybridized carbons (Fsp3) is 0.480. The molecule has 0 aromatic heterocycles. The Hall–Kier alpha value is -1.88. The van der Waals surface area contributed by atoms with Crippen molar-refractivity contribution in [2.45, 2.75) is 51.7 Å². The topological polar surface area (TPSA) is 32.8 Å². The number of rotatable bonds is 7. The molecule has 4 rings (SSSR count). The van der Waals surface area contributed by atoms with Gasteiger partial charge in [-0.1, -0.05) is 36.4 Å². The second-order valence-electron chi connectivity index (χ2n) is 8.45. The van der Waals surface area contributed by atoms with Crippen molar-refractivity contribution in [3.05, 3.63) is 59.2 Å². The fourth-order valence-electron chi connectivity index (χ4n) is 4.56. The zero-order chi connectivity index (χ0) is 20.2. The predicted octanol–water partition coefficient (Wildman–Crippen LogP) is 4.68. The summed E-state index contributed by atoms with van der Waals surface area (Å²) >= 11 is 0. The van der Waals surface area contributed by atoms with Gasteiger partial charge in [-0.2, -0.15) is 0 Å². The number of methoxy groups -OCH3 is 1. The SMILES string of the molecule is COCCC(=O)N1Cc2ccc(-c3ccc(CCN4CCCC4C)cc3)cc2C1.Cl. The van der Waals surface area contributed by atoms with Crippen LogP contribution in [-0.2, 0) is 29.0 Å². The van der Waals surface area contributed by atoms with Crippen molar-refractivity contribution in [2.75, 3.05) is 26.8 Å². The van der Waals surface area contributed by atoms with Crippen LogP contribution in [0.5, 0.6) is 0 Å². The summed E-state index contributed by atoms with van der Waals surface area (Å²) < 4.78 is 5.04. The van der Waals surface area contributed by atoms with Gasteiger partial charge in [0.1, 0.15) is 0 Å². The molecule has 4 nitrogen and oxygen atoms in total. The Labute approximate surface area is 186 Å². The van der Waals surface area contributed by atoms with Crippen LogP contribution in [0.1, 0.15) is 42.9 Å². The molecule has 0 radical (unpaired) electrons. The van der Waals surface area contributed by atoms with Crippen LogP contribution < -0.4 is 0 Å². The second kappa shape index (κ2) is 10.4. The highest BCUT2D eigenvalue weighted by molar-refractivity contribution is 5.85. The van der Waals surface area contributed by atoms with E-state index in [4.69, 9.17) is 4.74 Å². The molecule has 2 aromatic carbocycles. The summed E-state index contributed by atoms with van der Waals surface area (Å²) in [7, 11) is 1.64. The van der Waals surface area contributed by atoms with E-state index in [-0.39, 0.29) is 18.3 Å². The standard InChI is InChI=1S/C25H32N2O2.ClH/c1-19-4-3-13-26(19)14-11-20-5-7-21(8-6-20)22-9-10-23-17-27(18-24(23)16-22)25(28)12-15-29-2;/h5-10,16,19H,3-4,11-15,17-18H2,1-2H3;1H. The molecule has 2 heterocycles. The monoisotopic (exact) mass is 428 g/mol. The van der Waals surface area contributed by atoms with Gasteiger partial charge < -0.3 is 14.5 Å². The lowest BCUT2D eigenvalue weighted by Crippen LogP contribution is -2.28. The van der Waals surface area contributed by atoms with Crippen molar-refractivity contribution in [2.24, 2.45) is 0 Å². The highest BCUT2D eigenvalue weighted by Gasteiger charge is 2.23. The average molecular weight is 429 g/mol. The van der Waals surface area contributed by atoms with Crippen molar-refractivity contribution in [1.82, 2.24) is 9.80 Å². The maximum Gasteiger partial charge on any atom is 0.225 e. The molecule has 1 atom stereocenters. The molecule has 2 aromatic rings. The Balaban J connectivity index is 0.00000256. The Morgan fingerprint density at radius 3 is 2.50 bits per heavy atom. The van der Waals surface area contributed by atoms with E-state index in [1.807, 2.05) is 4.90 Å². The van der Waals surface area contributed by atoms with Crippen LogP contribution in [0.4, 0.5) is 0 Å². The van der Waals surface area contributed by atoms with Crippen LogP contribution in [0.2, 0.25) is 0 Å². The smallest absolute Gasteiger partial charge is 0.225 e. The third-order valence-corrected chi connectivity index (χ3v) is 6.47. The molecule has 162 valence electrons. The van der Waals surface area contributed by atoms with E-state index in [0.717, 1.165) is 19.0 Å². The number of hydrogen-bond acceptors (Lipinski definition) is 3. The number of amides is 1. The van der Waals surface area contributed by atoms with Crippen LogP contribution in [0.3, 0.4) is 0 Å². The fourth-order valence-corrected chi connectivity index (χ4v) is 4.56. The highest BCUT2D eigenvalue weighted by atomic mass is 35.5. The highest BCUT2D eigenvalue weighted by Crippen LogP contribution is 2.29. The molecule has 1 fully saturated rings. The average Bonchev–Trinajstić information content (AvgIpc) is 3.36. The van der Waals surface area contributed by atoms with Crippen LogP contribution in [0, 0.1) is 0 Å². The molecular formula is C25H33ClN2O2. The van der Waals surface area contributed by atoms with Gasteiger partial charge in [0, 0.05) is 32.8 Å². The first-order valence-corrected chi connectivity index (χ1v) is 10.9. The van der Waals surface area contributed by atoms with E-state index in [0.29, 0.717) is 26.1 Å². The van der Waals surface area contributed by atoms with Gasteiger partial charge in [-0.3, -0.25) is 4.79 Å². The minimum Gasteiger partial charge on any atom is -0.384 e. The van der Waals surface area contributed by atoms with E-state index in [1.165, 1.54) is 47.2 Å². The first kappa shape index (κ1) is 22.8. The normalized spacial score (nSPS) is 18.3. The minimum atomic E-state index is 0. The van der Waals surface area contributed by atoms with Crippen molar-refractivity contribution >= 4 is 18.3 Å². The van der Waals surface area contributed by atoms with Gasteiger partial charge in [-0.25, -0.2) is 0 Å². The molecule has 1 amide bonds. The lowest BCUT2D eigenvalue weighted by molar-refractivity contribution is -0.132. The molecule has 0 saturated carbocycles. The molecule has 2 aliphatic rings. The maximum atomic E-state index is 12.3. The molecule has 0 N–H and O–H groups in total. The summed E-state index contributed by atoms with van der Waals surface area (Å²) in [5.74, 6) is 0.168. The summed E-state index contributed by atoms with van der Waals surface area (Å²) in [4.78, 5) is 16.8. The van der Waals surface area contributed by atoms with Crippen molar-refractivity contribution in [3.8, 4) is 11.1 Å². The molecule has 30 heavy (non-hydrogen) atoms. The molecular weight excluding hydrogens is 396 g/mol. The molecule has 0 aliphatic carbocycles. The maximum absolute atomic E-state index is 12.3. The van der Waals surface area contributed by atoms with E-state index >= 15 is 0 Å². The van der Waals surface area contributed by atoms with E-state index in [2.05, 4.69) is 54.3 Å². The molecule has 5 heteroatoms. The number of hydrogen-bond donors (Lipinski definition) is 0. The zero-order valence-corrected chi connectivity index (χ0v) is 18.9. The number of carbonyl (C=O) groups is 1. The van der Waals surface area contributed by atoms with Gasteiger partial charge in [-0.15, -0.1) is 12.4 Å². The lowest BCUT2D eigenvalue weighted by atomic mass is 9.99. The molecule has 2 aliphatic heterocycles. The predicted molar refractivity (Wildman–Crippen MR) is 124 cm³/mol. The number of ether oxygens (including phenoxy) is 1. The van der Waals surface area contributed by atoms with Gasteiger partial charge in [0.15, 0.2) is 0 Å². The quantitative estimate of drug-likeness (QED) is 0.641. The van der Waals surface area contributed by atoms with Crippen LogP contribution in [-0.4, -0.2) is 48.6 Å². The zero-order valence-electron chi connectivity index (χ0n) is 18.1. The number of nitrogens with zero attached hydrogens (tertiary/aromatic N) is 2. The van der Waals surface area contributed by atoms with Crippen molar-refractivity contribution < 1.29 is 9.53 Å². The molecule has 0 spiro atoms. The van der Waals surface area contributed by atoms with Crippen LogP contribution in [0.15, 0.2) is 42.5 Å². The number of carbonyl (C=O) groups excluding carboxylic acids is 1. The van der Waals surface area contributed by atoms with E-state index in [9.17, 15) is 4.79 Å². The summed E-state index contributed by atoms with van der Waals surface area (Å²) in [5.41, 5.74) is 6.41. The first-order valence-electron chi connectivity index (χ1n) is 10.9. The van der Waals surface area contributed by atoms with Gasteiger partial charge in [0.05, 0.1) is 13.0 Å². The minimum absolute atomic E-state index is 0. The van der Waals surface area contributed by atoms with Gasteiger partial charge in [0.2, 0.25) is 5.91 Å². The number of fused-ring (bicyclic) bond motifs is 1. The summed E-state index contributed by atoms with van der Waals surface area (Å²) in [6, 6.07) is 16.4. The van der Waals surface area contributed by atoms with Crippen LogP contribution in [0.25, 0.3) is 11.1 Å². The van der Waals surface area contributed by atoms with Crippen LogP contribution >= 0.6 is 12.4 Å². The third-order valence-electron chi connectivity index (χ3n) is 6.47. The van der Waals surface area contributed by atoms with Gasteiger partial charge in [0.25, 0.3) is 0 Å². The molecule has 1 saturated heterocycles. The third kappa shape index (κ3) is 5.23. The molecule has 0 bridgehead atoms. The Kier molecular flexibility index (Phi) is 7.93. The number of benzene rings is 2. The van der Waals surface area contributed by atoms with Crippen molar-refractivity contribution in [3.63, 3.8) is 0 Å². The number of halogens is 1. The Bertz CT molecular complexity index is 853. The molecule has 1 unspecified atom stereocenters.